The lowest BCUT2D eigenvalue weighted by Crippen LogP contribution is -2.38. The van der Waals surface area contributed by atoms with E-state index >= 15 is 0 Å². The normalized spacial score (nSPS) is 12.3. The zero-order chi connectivity index (χ0) is 27.7. The van der Waals surface area contributed by atoms with Crippen LogP contribution in [0, 0.1) is 5.41 Å². The molecule has 4 rings (SSSR count). The van der Waals surface area contributed by atoms with Crippen molar-refractivity contribution >= 4 is 16.9 Å². The standard InChI is InChI=1S/C33H37NO5/c1-33(2,3)32(36)38-26(22-34-20-11-10-15-24-13-6-4-7-14-24)23-37-29-19-12-18-27-28(35)21-30(39-31(27)29)25-16-8-5-9-17-25/h4-9,12-14,16-19,21,26,34H,10-11,15,20,22-23H2,1-3H3. The number of esters is 1. The number of unbranched alkanes of at least 4 members (excludes halogenated alkanes) is 1. The molecule has 1 aromatic heterocycles. The highest BCUT2D eigenvalue weighted by Gasteiger charge is 2.27. The molecule has 0 fully saturated rings. The Morgan fingerprint density at radius 3 is 2.36 bits per heavy atom. The minimum Gasteiger partial charge on any atom is -0.486 e. The summed E-state index contributed by atoms with van der Waals surface area (Å²) in [5.74, 6) is 0.608. The van der Waals surface area contributed by atoms with E-state index in [1.807, 2.05) is 57.2 Å². The number of hydrogen-bond donors (Lipinski definition) is 1. The van der Waals surface area contributed by atoms with Crippen molar-refractivity contribution in [3.05, 3.63) is 101 Å². The lowest BCUT2D eigenvalue weighted by atomic mass is 9.97. The van der Waals surface area contributed by atoms with Crippen LogP contribution in [0.4, 0.5) is 0 Å². The summed E-state index contributed by atoms with van der Waals surface area (Å²) in [6, 6.07) is 26.7. The quantitative estimate of drug-likeness (QED) is 0.169. The van der Waals surface area contributed by atoms with Gasteiger partial charge in [-0.25, -0.2) is 0 Å². The highest BCUT2D eigenvalue weighted by atomic mass is 16.6. The number of carbonyl (C=O) groups excluding carboxylic acids is 1. The molecular formula is C33H37NO5. The largest absolute Gasteiger partial charge is 0.486 e. The van der Waals surface area contributed by atoms with E-state index in [2.05, 4.69) is 29.6 Å². The van der Waals surface area contributed by atoms with Crippen molar-refractivity contribution in [2.24, 2.45) is 5.41 Å². The van der Waals surface area contributed by atoms with Crippen LogP contribution in [-0.2, 0) is 16.0 Å². The first kappa shape index (κ1) is 28.1. The molecule has 0 saturated heterocycles. The minimum atomic E-state index is -0.634. The molecule has 0 bridgehead atoms. The van der Waals surface area contributed by atoms with E-state index in [-0.39, 0.29) is 18.0 Å². The number of carbonyl (C=O) groups is 1. The second-order valence-electron chi connectivity index (χ2n) is 10.7. The number of hydrogen-bond acceptors (Lipinski definition) is 6. The molecule has 0 aliphatic heterocycles. The maximum absolute atomic E-state index is 12.8. The molecule has 1 N–H and O–H groups in total. The summed E-state index contributed by atoms with van der Waals surface area (Å²) in [5, 5.41) is 3.85. The van der Waals surface area contributed by atoms with Gasteiger partial charge in [-0.3, -0.25) is 9.59 Å². The molecule has 1 atom stereocenters. The van der Waals surface area contributed by atoms with E-state index in [0.717, 1.165) is 31.4 Å². The van der Waals surface area contributed by atoms with Crippen LogP contribution in [0.1, 0.15) is 39.2 Å². The zero-order valence-corrected chi connectivity index (χ0v) is 22.9. The predicted octanol–water partition coefficient (Wildman–Crippen LogP) is 6.41. The Hall–Kier alpha value is -3.90. The molecule has 3 aromatic carbocycles. The summed E-state index contributed by atoms with van der Waals surface area (Å²) >= 11 is 0. The van der Waals surface area contributed by atoms with Gasteiger partial charge in [-0.05, 0) is 64.3 Å². The highest BCUT2D eigenvalue weighted by Crippen LogP contribution is 2.29. The summed E-state index contributed by atoms with van der Waals surface area (Å²) in [4.78, 5) is 25.5. The van der Waals surface area contributed by atoms with Gasteiger partial charge in [-0.2, -0.15) is 0 Å². The van der Waals surface area contributed by atoms with Crippen molar-refractivity contribution in [1.82, 2.24) is 5.32 Å². The number of ether oxygens (including phenoxy) is 2. The third-order valence-corrected chi connectivity index (χ3v) is 6.37. The van der Waals surface area contributed by atoms with Gasteiger partial charge in [0, 0.05) is 18.2 Å². The van der Waals surface area contributed by atoms with E-state index in [0.29, 0.717) is 29.0 Å². The predicted molar refractivity (Wildman–Crippen MR) is 155 cm³/mol. The maximum Gasteiger partial charge on any atom is 0.311 e. The number of nitrogens with one attached hydrogen (secondary N) is 1. The average Bonchev–Trinajstić information content (AvgIpc) is 2.94. The number of para-hydroxylation sites is 1. The number of fused-ring (bicyclic) bond motifs is 1. The summed E-state index contributed by atoms with van der Waals surface area (Å²) in [7, 11) is 0. The molecule has 0 amide bonds. The zero-order valence-electron chi connectivity index (χ0n) is 22.9. The van der Waals surface area contributed by atoms with Crippen molar-refractivity contribution in [2.75, 3.05) is 19.7 Å². The molecule has 204 valence electrons. The summed E-state index contributed by atoms with van der Waals surface area (Å²) in [5.41, 5.74) is 1.73. The van der Waals surface area contributed by atoms with E-state index < -0.39 is 11.5 Å². The Balaban J connectivity index is 1.42. The Morgan fingerprint density at radius 1 is 0.923 bits per heavy atom. The monoisotopic (exact) mass is 527 g/mol. The Bertz CT molecular complexity index is 1410. The van der Waals surface area contributed by atoms with Crippen LogP contribution in [-0.4, -0.2) is 31.8 Å². The van der Waals surface area contributed by atoms with Gasteiger partial charge < -0.3 is 19.2 Å². The Morgan fingerprint density at radius 2 is 1.64 bits per heavy atom. The summed E-state index contributed by atoms with van der Waals surface area (Å²) in [6.45, 7) is 6.87. The lowest BCUT2D eigenvalue weighted by molar-refractivity contribution is -0.159. The van der Waals surface area contributed by atoms with Crippen molar-refractivity contribution in [2.45, 2.75) is 46.1 Å². The molecule has 0 spiro atoms. The van der Waals surface area contributed by atoms with Gasteiger partial charge in [0.05, 0.1) is 10.8 Å². The van der Waals surface area contributed by atoms with E-state index in [9.17, 15) is 9.59 Å². The van der Waals surface area contributed by atoms with E-state index in [1.165, 1.54) is 11.6 Å². The highest BCUT2D eigenvalue weighted by molar-refractivity contribution is 5.84. The average molecular weight is 528 g/mol. The lowest BCUT2D eigenvalue weighted by Gasteiger charge is -2.24. The number of rotatable bonds is 12. The smallest absolute Gasteiger partial charge is 0.311 e. The van der Waals surface area contributed by atoms with Gasteiger partial charge >= 0.3 is 5.97 Å². The molecule has 39 heavy (non-hydrogen) atoms. The first-order chi connectivity index (χ1) is 18.8. The fourth-order valence-electron chi connectivity index (χ4n) is 4.14. The van der Waals surface area contributed by atoms with Gasteiger partial charge in [0.25, 0.3) is 0 Å². The second-order valence-corrected chi connectivity index (χ2v) is 10.7. The van der Waals surface area contributed by atoms with Crippen LogP contribution >= 0.6 is 0 Å². The molecular weight excluding hydrogens is 490 g/mol. The van der Waals surface area contributed by atoms with E-state index in [4.69, 9.17) is 13.9 Å². The molecule has 1 unspecified atom stereocenters. The van der Waals surface area contributed by atoms with Crippen molar-refractivity contribution in [3.63, 3.8) is 0 Å². The fourth-order valence-corrected chi connectivity index (χ4v) is 4.14. The van der Waals surface area contributed by atoms with Crippen LogP contribution in [0.25, 0.3) is 22.3 Å². The van der Waals surface area contributed by atoms with Gasteiger partial charge in [-0.15, -0.1) is 0 Å². The van der Waals surface area contributed by atoms with E-state index in [1.54, 1.807) is 18.2 Å². The summed E-state index contributed by atoms with van der Waals surface area (Å²) < 4.78 is 18.1. The van der Waals surface area contributed by atoms with Crippen LogP contribution in [0.2, 0.25) is 0 Å². The van der Waals surface area contributed by atoms with Crippen LogP contribution < -0.4 is 15.5 Å². The molecule has 1 heterocycles. The molecule has 6 heteroatoms. The topological polar surface area (TPSA) is 77.8 Å². The van der Waals surface area contributed by atoms with Crippen LogP contribution in [0.3, 0.4) is 0 Å². The molecule has 4 aromatic rings. The van der Waals surface area contributed by atoms with Crippen molar-refractivity contribution < 1.29 is 18.7 Å². The number of aryl methyl sites for hydroxylation is 1. The molecule has 0 aliphatic rings. The molecule has 0 saturated carbocycles. The third-order valence-electron chi connectivity index (χ3n) is 6.37. The number of benzene rings is 3. The van der Waals surface area contributed by atoms with Gasteiger partial charge in [0.1, 0.15) is 18.5 Å². The first-order valence-electron chi connectivity index (χ1n) is 13.5. The van der Waals surface area contributed by atoms with Crippen LogP contribution in [0.5, 0.6) is 5.75 Å². The Labute approximate surface area is 230 Å². The molecule has 0 radical (unpaired) electrons. The van der Waals surface area contributed by atoms with Gasteiger partial charge in [0.15, 0.2) is 16.8 Å². The minimum absolute atomic E-state index is 0.122. The summed E-state index contributed by atoms with van der Waals surface area (Å²) in [6.07, 6.45) is 2.60. The molecule has 6 nitrogen and oxygen atoms in total. The van der Waals surface area contributed by atoms with Crippen molar-refractivity contribution in [1.29, 1.82) is 0 Å². The maximum atomic E-state index is 12.8. The van der Waals surface area contributed by atoms with Crippen LogP contribution in [0.15, 0.2) is 94.1 Å². The second kappa shape index (κ2) is 13.3. The Kier molecular flexibility index (Phi) is 9.55. The fraction of sp³-hybridized carbons (Fsp3) is 0.333. The van der Waals surface area contributed by atoms with Gasteiger partial charge in [-0.1, -0.05) is 66.7 Å². The SMILES string of the molecule is CC(C)(C)C(=O)OC(CNCCCCc1ccccc1)COc1cccc2c(=O)cc(-c3ccccc3)oc12. The third kappa shape index (κ3) is 8.04. The van der Waals surface area contributed by atoms with Crippen molar-refractivity contribution in [3.8, 4) is 17.1 Å². The van der Waals surface area contributed by atoms with Gasteiger partial charge in [0.2, 0.25) is 0 Å². The molecule has 0 aliphatic carbocycles. The first-order valence-corrected chi connectivity index (χ1v) is 13.5.